The summed E-state index contributed by atoms with van der Waals surface area (Å²) < 4.78 is 5.36. The van der Waals surface area contributed by atoms with E-state index in [1.165, 1.54) is 0 Å². The molecule has 78 valence electrons. The Morgan fingerprint density at radius 1 is 1.21 bits per heavy atom. The highest BCUT2D eigenvalue weighted by Gasteiger charge is 1.98. The van der Waals surface area contributed by atoms with E-state index in [0.717, 1.165) is 24.5 Å². The fraction of sp³-hybridized carbons (Fsp3) is 0.500. The number of ether oxygens (including phenoxy) is 1. The van der Waals surface area contributed by atoms with Crippen molar-refractivity contribution >= 4 is 5.69 Å². The van der Waals surface area contributed by atoms with Crippen molar-refractivity contribution in [1.29, 1.82) is 0 Å². The minimum atomic E-state index is 0.521. The van der Waals surface area contributed by atoms with Gasteiger partial charge in [0.05, 0.1) is 6.61 Å². The molecule has 2 nitrogen and oxygen atoms in total. The Labute approximate surface area is 86.3 Å². The molecule has 0 aliphatic heterocycles. The lowest BCUT2D eigenvalue weighted by atomic mass is 10.2. The number of anilines is 1. The van der Waals surface area contributed by atoms with Crippen molar-refractivity contribution < 1.29 is 4.74 Å². The van der Waals surface area contributed by atoms with Gasteiger partial charge in [0.1, 0.15) is 5.75 Å². The molecule has 0 unspecified atom stereocenters. The van der Waals surface area contributed by atoms with Crippen LogP contribution in [0.15, 0.2) is 24.3 Å². The van der Waals surface area contributed by atoms with Crippen molar-refractivity contribution in [3.8, 4) is 5.75 Å². The van der Waals surface area contributed by atoms with E-state index >= 15 is 0 Å². The third-order valence-corrected chi connectivity index (χ3v) is 2.19. The standard InChI is InChI=1S/C12H19NO/c1-4-10(3)13-11-6-8-12(9-7-11)14-5-2/h6-10,13H,4-5H2,1-3H3/t10-/m1/s1. The summed E-state index contributed by atoms with van der Waals surface area (Å²) in [6.45, 7) is 7.06. The fourth-order valence-electron chi connectivity index (χ4n) is 1.20. The lowest BCUT2D eigenvalue weighted by Gasteiger charge is -2.13. The highest BCUT2D eigenvalue weighted by Crippen LogP contribution is 2.16. The summed E-state index contributed by atoms with van der Waals surface area (Å²) >= 11 is 0. The zero-order valence-corrected chi connectivity index (χ0v) is 9.21. The molecule has 14 heavy (non-hydrogen) atoms. The first kappa shape index (κ1) is 10.9. The van der Waals surface area contributed by atoms with Crippen LogP contribution in [-0.2, 0) is 0 Å². The largest absolute Gasteiger partial charge is 0.494 e. The van der Waals surface area contributed by atoms with E-state index in [0.29, 0.717) is 6.04 Å². The third kappa shape index (κ3) is 3.29. The van der Waals surface area contributed by atoms with Gasteiger partial charge in [0.15, 0.2) is 0 Å². The smallest absolute Gasteiger partial charge is 0.119 e. The molecule has 1 atom stereocenters. The monoisotopic (exact) mass is 193 g/mol. The second kappa shape index (κ2) is 5.53. The Hall–Kier alpha value is -1.18. The fourth-order valence-corrected chi connectivity index (χ4v) is 1.20. The maximum atomic E-state index is 5.36. The van der Waals surface area contributed by atoms with Crippen LogP contribution in [0.2, 0.25) is 0 Å². The van der Waals surface area contributed by atoms with Gasteiger partial charge in [0.2, 0.25) is 0 Å². The van der Waals surface area contributed by atoms with Gasteiger partial charge in [-0.25, -0.2) is 0 Å². The highest BCUT2D eigenvalue weighted by atomic mass is 16.5. The Morgan fingerprint density at radius 3 is 2.36 bits per heavy atom. The van der Waals surface area contributed by atoms with Crippen LogP contribution in [0, 0.1) is 0 Å². The van der Waals surface area contributed by atoms with Gasteiger partial charge in [0, 0.05) is 11.7 Å². The van der Waals surface area contributed by atoms with E-state index < -0.39 is 0 Å². The molecule has 0 bridgehead atoms. The molecule has 0 heterocycles. The van der Waals surface area contributed by atoms with Crippen molar-refractivity contribution in [1.82, 2.24) is 0 Å². The summed E-state index contributed by atoms with van der Waals surface area (Å²) in [7, 11) is 0. The van der Waals surface area contributed by atoms with E-state index in [4.69, 9.17) is 4.74 Å². The first-order chi connectivity index (χ1) is 6.76. The number of rotatable bonds is 5. The predicted octanol–water partition coefficient (Wildman–Crippen LogP) is 3.30. The Balaban J connectivity index is 2.54. The van der Waals surface area contributed by atoms with Gasteiger partial charge in [-0.1, -0.05) is 6.92 Å². The Bertz CT molecular complexity index is 256. The van der Waals surface area contributed by atoms with Crippen molar-refractivity contribution in [3.63, 3.8) is 0 Å². The van der Waals surface area contributed by atoms with Gasteiger partial charge in [0.25, 0.3) is 0 Å². The summed E-state index contributed by atoms with van der Waals surface area (Å²) in [5, 5.41) is 3.41. The Kier molecular flexibility index (Phi) is 4.30. The molecule has 1 N–H and O–H groups in total. The second-order valence-corrected chi connectivity index (χ2v) is 3.41. The van der Waals surface area contributed by atoms with Gasteiger partial charge in [-0.3, -0.25) is 0 Å². The van der Waals surface area contributed by atoms with Crippen molar-refractivity contribution in [2.45, 2.75) is 33.2 Å². The van der Waals surface area contributed by atoms with E-state index in [-0.39, 0.29) is 0 Å². The quantitative estimate of drug-likeness (QED) is 0.774. The zero-order chi connectivity index (χ0) is 10.4. The van der Waals surface area contributed by atoms with E-state index in [2.05, 4.69) is 31.3 Å². The first-order valence-electron chi connectivity index (χ1n) is 5.25. The van der Waals surface area contributed by atoms with Crippen LogP contribution in [0.4, 0.5) is 5.69 Å². The van der Waals surface area contributed by atoms with Crippen molar-refractivity contribution in [3.05, 3.63) is 24.3 Å². The summed E-state index contributed by atoms with van der Waals surface area (Å²) in [4.78, 5) is 0. The van der Waals surface area contributed by atoms with Crippen LogP contribution in [-0.4, -0.2) is 12.6 Å². The molecule has 0 saturated carbocycles. The van der Waals surface area contributed by atoms with Crippen LogP contribution in [0.5, 0.6) is 5.75 Å². The molecule has 0 radical (unpaired) electrons. The molecule has 0 aromatic heterocycles. The van der Waals surface area contributed by atoms with Crippen molar-refractivity contribution in [2.24, 2.45) is 0 Å². The van der Waals surface area contributed by atoms with Crippen LogP contribution in [0.3, 0.4) is 0 Å². The second-order valence-electron chi connectivity index (χ2n) is 3.41. The zero-order valence-electron chi connectivity index (χ0n) is 9.21. The van der Waals surface area contributed by atoms with Gasteiger partial charge in [-0.15, -0.1) is 0 Å². The van der Waals surface area contributed by atoms with E-state index in [1.807, 2.05) is 19.1 Å². The van der Waals surface area contributed by atoms with Gasteiger partial charge >= 0.3 is 0 Å². The minimum absolute atomic E-state index is 0.521. The molecule has 2 heteroatoms. The Morgan fingerprint density at radius 2 is 1.86 bits per heavy atom. The summed E-state index contributed by atoms with van der Waals surface area (Å²) in [5.74, 6) is 0.933. The van der Waals surface area contributed by atoms with E-state index in [9.17, 15) is 0 Å². The molecule has 0 amide bonds. The predicted molar refractivity (Wildman–Crippen MR) is 61.0 cm³/mol. The lowest BCUT2D eigenvalue weighted by Crippen LogP contribution is -2.13. The average Bonchev–Trinajstić information content (AvgIpc) is 2.21. The van der Waals surface area contributed by atoms with E-state index in [1.54, 1.807) is 0 Å². The number of hydrogen-bond donors (Lipinski definition) is 1. The molecule has 0 saturated heterocycles. The molecular weight excluding hydrogens is 174 g/mol. The molecule has 1 rings (SSSR count). The molecule has 0 aliphatic carbocycles. The van der Waals surface area contributed by atoms with Gasteiger partial charge < -0.3 is 10.1 Å². The van der Waals surface area contributed by atoms with Crippen LogP contribution < -0.4 is 10.1 Å². The normalized spacial score (nSPS) is 12.2. The van der Waals surface area contributed by atoms with Crippen molar-refractivity contribution in [2.75, 3.05) is 11.9 Å². The number of nitrogens with one attached hydrogen (secondary N) is 1. The average molecular weight is 193 g/mol. The van der Waals surface area contributed by atoms with Crippen LogP contribution >= 0.6 is 0 Å². The minimum Gasteiger partial charge on any atom is -0.494 e. The van der Waals surface area contributed by atoms with Gasteiger partial charge in [-0.2, -0.15) is 0 Å². The maximum absolute atomic E-state index is 5.36. The number of hydrogen-bond acceptors (Lipinski definition) is 2. The molecule has 0 aliphatic rings. The third-order valence-electron chi connectivity index (χ3n) is 2.19. The molecular formula is C12H19NO. The van der Waals surface area contributed by atoms with Gasteiger partial charge in [-0.05, 0) is 44.5 Å². The molecule has 1 aromatic carbocycles. The lowest BCUT2D eigenvalue weighted by molar-refractivity contribution is 0.340. The highest BCUT2D eigenvalue weighted by molar-refractivity contribution is 5.46. The first-order valence-corrected chi connectivity index (χ1v) is 5.25. The topological polar surface area (TPSA) is 21.3 Å². The maximum Gasteiger partial charge on any atom is 0.119 e. The summed E-state index contributed by atoms with van der Waals surface area (Å²) in [6.07, 6.45) is 1.13. The SMILES string of the molecule is CCOc1ccc(N[C@H](C)CC)cc1. The van der Waals surface area contributed by atoms with Crippen LogP contribution in [0.25, 0.3) is 0 Å². The summed E-state index contributed by atoms with van der Waals surface area (Å²) in [5.41, 5.74) is 1.16. The number of benzene rings is 1. The van der Waals surface area contributed by atoms with Crippen LogP contribution in [0.1, 0.15) is 27.2 Å². The molecule has 0 spiro atoms. The summed E-state index contributed by atoms with van der Waals surface area (Å²) in [6, 6.07) is 8.62. The molecule has 1 aromatic rings. The molecule has 0 fully saturated rings.